The van der Waals surface area contributed by atoms with E-state index in [1.54, 1.807) is 0 Å². The highest BCUT2D eigenvalue weighted by molar-refractivity contribution is 7.51. The van der Waals surface area contributed by atoms with E-state index in [2.05, 4.69) is 121 Å². The van der Waals surface area contributed by atoms with Gasteiger partial charge in [-0.1, -0.05) is 100 Å². The zero-order valence-electron chi connectivity index (χ0n) is 17.0. The third-order valence-electron chi connectivity index (χ3n) is 5.10. The maximum atomic E-state index is 3.97. The lowest BCUT2D eigenvalue weighted by molar-refractivity contribution is 1.07. The van der Waals surface area contributed by atoms with Gasteiger partial charge in [-0.05, 0) is 53.0 Å². The Morgan fingerprint density at radius 3 is 1.97 bits per heavy atom. The highest BCUT2D eigenvalue weighted by atomic mass is 31.1. The van der Waals surface area contributed by atoms with Crippen LogP contribution in [-0.4, -0.2) is 6.16 Å². The molecule has 0 aliphatic carbocycles. The van der Waals surface area contributed by atoms with Gasteiger partial charge in [0.1, 0.15) is 0 Å². The number of allylic oxidation sites excluding steroid dienone is 5. The first-order valence-corrected chi connectivity index (χ1v) is 11.5. The van der Waals surface area contributed by atoms with E-state index in [1.807, 2.05) is 6.08 Å². The monoisotopic (exact) mass is 407 g/mol. The minimum Gasteiger partial charge on any atom is -0.314 e. The molecular formula is C28H26NP. The summed E-state index contributed by atoms with van der Waals surface area (Å²) in [6, 6.07) is 31.8. The Morgan fingerprint density at radius 2 is 1.40 bits per heavy atom. The summed E-state index contributed by atoms with van der Waals surface area (Å²) in [5, 5.41) is 1.46. The first kappa shape index (κ1) is 20.1. The first-order chi connectivity index (χ1) is 14.8. The van der Waals surface area contributed by atoms with Gasteiger partial charge in [-0.2, -0.15) is 0 Å². The molecule has 1 nitrogen and oxygen atoms in total. The van der Waals surface area contributed by atoms with Crippen LogP contribution in [0.15, 0.2) is 133 Å². The van der Waals surface area contributed by atoms with E-state index in [4.69, 9.17) is 0 Å². The fourth-order valence-electron chi connectivity index (χ4n) is 3.66. The second kappa shape index (κ2) is 10.1. The molecule has 1 atom stereocenters. The van der Waals surface area contributed by atoms with Crippen molar-refractivity contribution in [3.05, 3.63) is 139 Å². The Kier molecular flexibility index (Phi) is 6.75. The molecule has 0 aromatic heterocycles. The Labute approximate surface area is 181 Å². The number of hydrogen-bond donors (Lipinski definition) is 0. The highest BCUT2D eigenvalue weighted by Gasteiger charge is 2.15. The molecule has 0 spiro atoms. The number of anilines is 2. The minimum absolute atomic E-state index is 0.842. The van der Waals surface area contributed by atoms with Gasteiger partial charge < -0.3 is 4.90 Å². The third kappa shape index (κ3) is 4.87. The van der Waals surface area contributed by atoms with E-state index in [0.29, 0.717) is 0 Å². The van der Waals surface area contributed by atoms with E-state index in [-0.39, 0.29) is 0 Å². The predicted molar refractivity (Wildman–Crippen MR) is 134 cm³/mol. The molecule has 0 bridgehead atoms. The molecule has 2 heteroatoms. The van der Waals surface area contributed by atoms with E-state index in [1.165, 1.54) is 22.1 Å². The summed E-state index contributed by atoms with van der Waals surface area (Å²) < 4.78 is 0. The van der Waals surface area contributed by atoms with Crippen molar-refractivity contribution in [1.29, 1.82) is 0 Å². The fraction of sp³-hybridized carbons (Fsp3) is 0.0714. The minimum atomic E-state index is 0.842. The summed E-state index contributed by atoms with van der Waals surface area (Å²) >= 11 is 0. The molecule has 0 saturated carbocycles. The number of benzene rings is 3. The Bertz CT molecular complexity index is 1020. The summed E-state index contributed by atoms with van der Waals surface area (Å²) in [4.78, 5) is 2.32. The Hall–Kier alpha value is -3.15. The third-order valence-corrected chi connectivity index (χ3v) is 6.50. The van der Waals surface area contributed by atoms with Gasteiger partial charge in [0.25, 0.3) is 0 Å². The molecule has 1 aliphatic heterocycles. The molecule has 0 amide bonds. The van der Waals surface area contributed by atoms with Crippen molar-refractivity contribution < 1.29 is 0 Å². The predicted octanol–water partition coefficient (Wildman–Crippen LogP) is 7.94. The van der Waals surface area contributed by atoms with Crippen molar-refractivity contribution in [2.75, 3.05) is 11.1 Å². The molecule has 0 fully saturated rings. The van der Waals surface area contributed by atoms with Gasteiger partial charge in [0.2, 0.25) is 0 Å². The van der Waals surface area contributed by atoms with E-state index in [9.17, 15) is 0 Å². The van der Waals surface area contributed by atoms with Crippen LogP contribution in [0.25, 0.3) is 5.31 Å². The van der Waals surface area contributed by atoms with Crippen molar-refractivity contribution in [1.82, 2.24) is 0 Å². The molecule has 0 saturated heterocycles. The van der Waals surface area contributed by atoms with Crippen LogP contribution in [0.3, 0.4) is 0 Å². The second-order valence-electron chi connectivity index (χ2n) is 7.16. The van der Waals surface area contributed by atoms with Crippen LogP contribution in [0.4, 0.5) is 11.4 Å². The molecule has 3 aromatic carbocycles. The molecule has 1 unspecified atom stereocenters. The van der Waals surface area contributed by atoms with Gasteiger partial charge in [-0.25, -0.2) is 0 Å². The normalized spacial score (nSPS) is 15.9. The highest BCUT2D eigenvalue weighted by Crippen LogP contribution is 2.42. The molecule has 1 aliphatic rings. The summed E-state index contributed by atoms with van der Waals surface area (Å²) in [7, 11) is 0.842. The molecule has 0 radical (unpaired) electrons. The van der Waals surface area contributed by atoms with Crippen molar-refractivity contribution >= 4 is 25.3 Å². The van der Waals surface area contributed by atoms with Crippen LogP contribution in [0.2, 0.25) is 0 Å². The Morgan fingerprint density at radius 1 is 0.833 bits per heavy atom. The first-order valence-electron chi connectivity index (χ1n) is 10.3. The molecule has 1 heterocycles. The SMILES string of the molecule is C=C/C=C(\C/C=C1/C=C(c2ccccc2)PC1)N(c1ccccc1)c1ccccc1. The lowest BCUT2D eigenvalue weighted by atomic mass is 10.1. The molecule has 4 rings (SSSR count). The van der Waals surface area contributed by atoms with Gasteiger partial charge in [-0.15, -0.1) is 0 Å². The van der Waals surface area contributed by atoms with Gasteiger partial charge in [0.15, 0.2) is 0 Å². The van der Waals surface area contributed by atoms with Gasteiger partial charge in [0.05, 0.1) is 0 Å². The van der Waals surface area contributed by atoms with E-state index >= 15 is 0 Å². The van der Waals surface area contributed by atoms with Crippen LogP contribution >= 0.6 is 8.58 Å². The van der Waals surface area contributed by atoms with Crippen LogP contribution in [0.5, 0.6) is 0 Å². The second-order valence-corrected chi connectivity index (χ2v) is 8.41. The summed E-state index contributed by atoms with van der Waals surface area (Å²) in [6.45, 7) is 3.97. The van der Waals surface area contributed by atoms with Gasteiger partial charge >= 0.3 is 0 Å². The van der Waals surface area contributed by atoms with Crippen molar-refractivity contribution in [3.8, 4) is 0 Å². The molecule has 0 N–H and O–H groups in total. The lowest BCUT2D eigenvalue weighted by Crippen LogP contribution is -2.16. The zero-order valence-corrected chi connectivity index (χ0v) is 18.0. The topological polar surface area (TPSA) is 3.24 Å². The molecule has 30 heavy (non-hydrogen) atoms. The quantitative estimate of drug-likeness (QED) is 0.284. The van der Waals surface area contributed by atoms with Crippen LogP contribution < -0.4 is 4.90 Å². The van der Waals surface area contributed by atoms with Crippen LogP contribution in [-0.2, 0) is 0 Å². The maximum absolute atomic E-state index is 3.97. The maximum Gasteiger partial charge on any atom is 0.0458 e. The van der Waals surface area contributed by atoms with Crippen molar-refractivity contribution in [2.45, 2.75) is 6.42 Å². The molecular weight excluding hydrogens is 381 g/mol. The van der Waals surface area contributed by atoms with Crippen molar-refractivity contribution in [3.63, 3.8) is 0 Å². The number of hydrogen-bond acceptors (Lipinski definition) is 1. The summed E-state index contributed by atoms with van der Waals surface area (Å²) in [5.74, 6) is 0. The molecule has 3 aromatic rings. The van der Waals surface area contributed by atoms with E-state index < -0.39 is 0 Å². The van der Waals surface area contributed by atoms with Crippen molar-refractivity contribution in [2.24, 2.45) is 0 Å². The smallest absolute Gasteiger partial charge is 0.0458 e. The zero-order chi connectivity index (χ0) is 20.6. The number of para-hydroxylation sites is 2. The average Bonchev–Trinajstić information content (AvgIpc) is 3.29. The fourth-order valence-corrected chi connectivity index (χ4v) is 4.96. The van der Waals surface area contributed by atoms with E-state index in [0.717, 1.165) is 32.5 Å². The van der Waals surface area contributed by atoms with Crippen LogP contribution in [0, 0.1) is 0 Å². The summed E-state index contributed by atoms with van der Waals surface area (Å²) in [6.07, 6.45) is 10.7. The largest absolute Gasteiger partial charge is 0.314 e. The summed E-state index contributed by atoms with van der Waals surface area (Å²) in [5.41, 5.74) is 6.28. The van der Waals surface area contributed by atoms with Gasteiger partial charge in [0, 0.05) is 23.5 Å². The molecule has 148 valence electrons. The number of rotatable bonds is 7. The van der Waals surface area contributed by atoms with Crippen LogP contribution in [0.1, 0.15) is 12.0 Å². The lowest BCUT2D eigenvalue weighted by Gasteiger charge is -2.27. The number of nitrogens with zero attached hydrogens (tertiary/aromatic N) is 1. The standard InChI is InChI=1S/C28H26NP/c1-2-12-25(20-19-23-21-28(30-22-23)24-13-6-3-7-14-24)29(26-15-8-4-9-16-26)27-17-10-5-11-18-27/h2-19,21,30H,1,20,22H2/b23-19-,25-12+. The Balaban J connectivity index is 1.63. The van der Waals surface area contributed by atoms with Gasteiger partial charge in [-0.3, -0.25) is 0 Å². The average molecular weight is 407 g/mol.